The van der Waals surface area contributed by atoms with Crippen molar-refractivity contribution in [2.45, 2.75) is 12.3 Å². The van der Waals surface area contributed by atoms with Gasteiger partial charge >= 0.3 is 0 Å². The molecule has 302 valence electrons. The fourth-order valence-corrected chi connectivity index (χ4v) is 10.4. The standard InChI is InChI=1S/C62H44N2/c1-43-27-31-49(32-28-43)62(59-26-14-20-46-17-12-13-25-56(46)59)60-41-54(63(50-21-4-2-5-22-50)52-33-29-44-15-8-10-18-47(44)39-52)35-37-57(60)58-38-36-55(42-61(58)62)64(51-23-6-3-7-24-51)53-34-30-45-16-9-11-19-48(45)40-53/h2-42H,1H3. The second-order valence-electron chi connectivity index (χ2n) is 17.0. The lowest BCUT2D eigenvalue weighted by Crippen LogP contribution is -2.29. The minimum Gasteiger partial charge on any atom is -0.310 e. The van der Waals surface area contributed by atoms with Gasteiger partial charge in [0.2, 0.25) is 0 Å². The van der Waals surface area contributed by atoms with Gasteiger partial charge in [-0.15, -0.1) is 0 Å². The summed E-state index contributed by atoms with van der Waals surface area (Å²) in [5.41, 5.74) is 14.7. The van der Waals surface area contributed by atoms with Crippen LogP contribution in [0.25, 0.3) is 43.4 Å². The fourth-order valence-electron chi connectivity index (χ4n) is 10.4. The van der Waals surface area contributed by atoms with Crippen molar-refractivity contribution < 1.29 is 0 Å². The van der Waals surface area contributed by atoms with E-state index in [1.165, 1.54) is 71.3 Å². The highest BCUT2D eigenvalue weighted by molar-refractivity contribution is 5.98. The van der Waals surface area contributed by atoms with E-state index in [0.29, 0.717) is 0 Å². The van der Waals surface area contributed by atoms with E-state index in [2.05, 4.69) is 265 Å². The number of aryl methyl sites for hydroxylation is 1. The molecule has 0 saturated carbocycles. The monoisotopic (exact) mass is 816 g/mol. The summed E-state index contributed by atoms with van der Waals surface area (Å²) in [6.45, 7) is 2.18. The van der Waals surface area contributed by atoms with E-state index in [1.807, 2.05) is 0 Å². The first kappa shape index (κ1) is 37.6. The number of benzene rings is 11. The third-order valence-electron chi connectivity index (χ3n) is 13.3. The van der Waals surface area contributed by atoms with Gasteiger partial charge < -0.3 is 9.80 Å². The van der Waals surface area contributed by atoms with E-state index in [-0.39, 0.29) is 0 Å². The van der Waals surface area contributed by atoms with Crippen molar-refractivity contribution in [3.05, 3.63) is 277 Å². The normalized spacial score (nSPS) is 12.6. The Kier molecular flexibility index (Phi) is 8.98. The molecule has 0 bridgehead atoms. The maximum atomic E-state index is 2.48. The highest BCUT2D eigenvalue weighted by atomic mass is 15.1. The summed E-state index contributed by atoms with van der Waals surface area (Å²) in [6.07, 6.45) is 0. The smallest absolute Gasteiger partial charge is 0.0721 e. The van der Waals surface area contributed by atoms with Crippen molar-refractivity contribution in [2.75, 3.05) is 9.80 Å². The van der Waals surface area contributed by atoms with E-state index >= 15 is 0 Å². The average Bonchev–Trinajstić information content (AvgIpc) is 3.64. The van der Waals surface area contributed by atoms with Crippen LogP contribution in [0.5, 0.6) is 0 Å². The third kappa shape index (κ3) is 6.10. The van der Waals surface area contributed by atoms with Crippen LogP contribution >= 0.6 is 0 Å². The van der Waals surface area contributed by atoms with Crippen LogP contribution in [-0.2, 0) is 5.41 Å². The minimum atomic E-state index is -0.692. The van der Waals surface area contributed by atoms with Gasteiger partial charge in [0.1, 0.15) is 0 Å². The van der Waals surface area contributed by atoms with Crippen LogP contribution in [0.4, 0.5) is 34.1 Å². The van der Waals surface area contributed by atoms with Crippen LogP contribution in [0.3, 0.4) is 0 Å². The summed E-state index contributed by atoms with van der Waals surface area (Å²) in [6, 6.07) is 91.9. The number of hydrogen-bond acceptors (Lipinski definition) is 2. The maximum absolute atomic E-state index is 2.48. The van der Waals surface area contributed by atoms with Gasteiger partial charge in [-0.25, -0.2) is 0 Å². The van der Waals surface area contributed by atoms with Crippen LogP contribution in [0.15, 0.2) is 249 Å². The molecule has 1 aliphatic rings. The van der Waals surface area contributed by atoms with Gasteiger partial charge in [-0.2, -0.15) is 0 Å². The van der Waals surface area contributed by atoms with Crippen molar-refractivity contribution in [3.8, 4) is 11.1 Å². The molecule has 1 aliphatic carbocycles. The molecule has 2 nitrogen and oxygen atoms in total. The lowest BCUT2D eigenvalue weighted by Gasteiger charge is -2.36. The van der Waals surface area contributed by atoms with Gasteiger partial charge in [0, 0.05) is 34.1 Å². The summed E-state index contributed by atoms with van der Waals surface area (Å²) >= 11 is 0. The first-order valence-corrected chi connectivity index (χ1v) is 22.2. The fraction of sp³-hybridized carbons (Fsp3) is 0.0323. The number of nitrogens with zero attached hydrogens (tertiary/aromatic N) is 2. The van der Waals surface area contributed by atoms with Crippen molar-refractivity contribution in [2.24, 2.45) is 0 Å². The van der Waals surface area contributed by atoms with Crippen molar-refractivity contribution in [1.29, 1.82) is 0 Å². The molecule has 0 N–H and O–H groups in total. The number of anilines is 6. The number of hydrogen-bond donors (Lipinski definition) is 0. The molecule has 11 aromatic rings. The number of rotatable bonds is 8. The Morgan fingerprint density at radius 3 is 1.23 bits per heavy atom. The highest BCUT2D eigenvalue weighted by Crippen LogP contribution is 2.59. The van der Waals surface area contributed by atoms with Gasteiger partial charge in [0.05, 0.1) is 5.41 Å². The predicted octanol–water partition coefficient (Wildman–Crippen LogP) is 16.8. The zero-order valence-electron chi connectivity index (χ0n) is 35.6. The summed E-state index contributed by atoms with van der Waals surface area (Å²) in [5.74, 6) is 0. The molecule has 0 unspecified atom stereocenters. The Morgan fingerprint density at radius 2 is 0.703 bits per heavy atom. The van der Waals surface area contributed by atoms with Crippen LogP contribution in [-0.4, -0.2) is 0 Å². The molecule has 0 spiro atoms. The van der Waals surface area contributed by atoms with Crippen LogP contribution < -0.4 is 9.80 Å². The van der Waals surface area contributed by atoms with Gasteiger partial charge in [0.25, 0.3) is 0 Å². The van der Waals surface area contributed by atoms with E-state index in [4.69, 9.17) is 0 Å². The zero-order valence-corrected chi connectivity index (χ0v) is 35.6. The lowest BCUT2D eigenvalue weighted by molar-refractivity contribution is 0.776. The summed E-state index contributed by atoms with van der Waals surface area (Å²) in [4.78, 5) is 4.84. The molecule has 0 aliphatic heterocycles. The van der Waals surface area contributed by atoms with Gasteiger partial charge in [-0.1, -0.05) is 181 Å². The highest BCUT2D eigenvalue weighted by Gasteiger charge is 2.47. The Hall–Kier alpha value is -8.20. The van der Waals surface area contributed by atoms with Crippen LogP contribution in [0, 0.1) is 6.92 Å². The van der Waals surface area contributed by atoms with Gasteiger partial charge in [0.15, 0.2) is 0 Å². The van der Waals surface area contributed by atoms with Crippen molar-refractivity contribution >= 4 is 66.4 Å². The Morgan fingerprint density at radius 1 is 0.281 bits per heavy atom. The molecule has 0 radical (unpaired) electrons. The molecular weight excluding hydrogens is 773 g/mol. The lowest BCUT2D eigenvalue weighted by atomic mass is 9.66. The Bertz CT molecular complexity index is 3340. The second-order valence-corrected chi connectivity index (χ2v) is 17.0. The maximum Gasteiger partial charge on any atom is 0.0721 e. The number of fused-ring (bicyclic) bond motifs is 6. The summed E-state index contributed by atoms with van der Waals surface area (Å²) < 4.78 is 0. The topological polar surface area (TPSA) is 6.48 Å². The molecule has 0 heterocycles. The van der Waals surface area contributed by atoms with Crippen molar-refractivity contribution in [3.63, 3.8) is 0 Å². The molecule has 12 rings (SSSR count). The third-order valence-corrected chi connectivity index (χ3v) is 13.3. The largest absolute Gasteiger partial charge is 0.310 e. The quantitative estimate of drug-likeness (QED) is 0.151. The average molecular weight is 817 g/mol. The van der Waals surface area contributed by atoms with Crippen molar-refractivity contribution in [1.82, 2.24) is 0 Å². The molecule has 0 fully saturated rings. The van der Waals surface area contributed by atoms with E-state index in [0.717, 1.165) is 34.1 Å². The molecule has 0 saturated heterocycles. The Labute approximate surface area is 374 Å². The SMILES string of the molecule is Cc1ccc(C2(c3cccc4ccccc34)c3cc(N(c4ccccc4)c4ccc5ccccc5c4)ccc3-c3ccc(N(c4ccccc4)c4ccc5ccccc5c4)cc32)cc1. The predicted molar refractivity (Wildman–Crippen MR) is 270 cm³/mol. The Balaban J connectivity index is 1.16. The molecule has 2 heteroatoms. The molecule has 0 aromatic heterocycles. The van der Waals surface area contributed by atoms with E-state index in [9.17, 15) is 0 Å². The minimum absolute atomic E-state index is 0.692. The summed E-state index contributed by atoms with van der Waals surface area (Å²) in [7, 11) is 0. The second kappa shape index (κ2) is 15.3. The van der Waals surface area contributed by atoms with Crippen LogP contribution in [0.2, 0.25) is 0 Å². The molecule has 0 atom stereocenters. The van der Waals surface area contributed by atoms with E-state index < -0.39 is 5.41 Å². The molecule has 64 heavy (non-hydrogen) atoms. The first-order chi connectivity index (χ1) is 31.6. The molecular formula is C62H44N2. The van der Waals surface area contributed by atoms with E-state index in [1.54, 1.807) is 0 Å². The first-order valence-electron chi connectivity index (χ1n) is 22.2. The zero-order chi connectivity index (χ0) is 42.6. The number of para-hydroxylation sites is 2. The molecule has 11 aromatic carbocycles. The molecule has 0 amide bonds. The van der Waals surface area contributed by atoms with Gasteiger partial charge in [-0.05, 0) is 145 Å². The van der Waals surface area contributed by atoms with Gasteiger partial charge in [-0.3, -0.25) is 0 Å². The van der Waals surface area contributed by atoms with Crippen LogP contribution in [0.1, 0.15) is 27.8 Å². The summed E-state index contributed by atoms with van der Waals surface area (Å²) in [5, 5.41) is 7.33.